The predicted molar refractivity (Wildman–Crippen MR) is 36.4 cm³/mol. The zero-order valence-electron chi connectivity index (χ0n) is 4.70. The van der Waals surface area contributed by atoms with Crippen LogP contribution in [0.1, 0.15) is 5.76 Å². The number of rotatable bonds is 2. The van der Waals surface area contributed by atoms with Gasteiger partial charge in [-0.05, 0) is 12.1 Å². The third-order valence-corrected chi connectivity index (χ3v) is 1.06. The average molecular weight is 142 g/mol. The Bertz CT molecular complexity index is 191. The Balaban J connectivity index is 2.58. The minimum absolute atomic E-state index is 0.176. The molecule has 1 heterocycles. The molecule has 2 nitrogen and oxygen atoms in total. The monoisotopic (exact) mass is 142 g/mol. The van der Waals surface area contributed by atoms with E-state index in [1.54, 1.807) is 12.1 Å². The summed E-state index contributed by atoms with van der Waals surface area (Å²) in [5.74, 6) is 0.662. The number of carbonyl (C=O) groups excluding carboxylic acids is 1. The standard InChI is InChI=1S/C6H6O2S/c7-6(9)4-5-2-1-3-8-5/h1-3H,4H2,(H,7,9). The molecule has 1 rings (SSSR count). The molecule has 0 aliphatic carbocycles. The van der Waals surface area contributed by atoms with Gasteiger partial charge in [0.05, 0.1) is 12.7 Å². The second kappa shape index (κ2) is 2.73. The molecule has 0 saturated heterocycles. The summed E-state index contributed by atoms with van der Waals surface area (Å²) < 4.78 is 4.87. The molecule has 0 N–H and O–H groups in total. The molecular formula is C6H6O2S. The zero-order valence-corrected chi connectivity index (χ0v) is 5.60. The van der Waals surface area contributed by atoms with Gasteiger partial charge in [-0.3, -0.25) is 4.79 Å². The van der Waals surface area contributed by atoms with Crippen LogP contribution in [0.15, 0.2) is 22.8 Å². The molecule has 0 saturated carbocycles. The molecule has 3 heteroatoms. The first-order valence-corrected chi connectivity index (χ1v) is 2.98. The fraction of sp³-hybridized carbons (Fsp3) is 0.167. The van der Waals surface area contributed by atoms with E-state index in [2.05, 4.69) is 12.6 Å². The van der Waals surface area contributed by atoms with Crippen LogP contribution in [0.3, 0.4) is 0 Å². The van der Waals surface area contributed by atoms with Crippen LogP contribution in [0.5, 0.6) is 0 Å². The Morgan fingerprint density at radius 3 is 3.00 bits per heavy atom. The van der Waals surface area contributed by atoms with Crippen molar-refractivity contribution in [2.75, 3.05) is 0 Å². The molecule has 0 atom stereocenters. The first-order chi connectivity index (χ1) is 4.29. The van der Waals surface area contributed by atoms with E-state index in [1.165, 1.54) is 6.26 Å². The third kappa shape index (κ3) is 1.93. The lowest BCUT2D eigenvalue weighted by Crippen LogP contribution is -1.89. The molecule has 9 heavy (non-hydrogen) atoms. The second-order valence-electron chi connectivity index (χ2n) is 1.65. The van der Waals surface area contributed by atoms with E-state index in [9.17, 15) is 4.79 Å². The number of furan rings is 1. The van der Waals surface area contributed by atoms with Gasteiger partial charge in [0.25, 0.3) is 0 Å². The van der Waals surface area contributed by atoms with Crippen LogP contribution >= 0.6 is 12.6 Å². The summed E-state index contributed by atoms with van der Waals surface area (Å²) in [7, 11) is 0. The molecule has 0 spiro atoms. The summed E-state index contributed by atoms with van der Waals surface area (Å²) in [6, 6.07) is 3.49. The van der Waals surface area contributed by atoms with Crippen molar-refractivity contribution in [1.82, 2.24) is 0 Å². The normalized spacial score (nSPS) is 9.44. The number of hydrogen-bond acceptors (Lipinski definition) is 2. The fourth-order valence-corrected chi connectivity index (χ4v) is 0.718. The summed E-state index contributed by atoms with van der Waals surface area (Å²) in [4.78, 5) is 10.3. The summed E-state index contributed by atoms with van der Waals surface area (Å²) in [5, 5.41) is -0.176. The second-order valence-corrected chi connectivity index (χ2v) is 2.15. The summed E-state index contributed by atoms with van der Waals surface area (Å²) in [6.07, 6.45) is 1.81. The molecule has 0 radical (unpaired) electrons. The van der Waals surface area contributed by atoms with Crippen molar-refractivity contribution in [2.45, 2.75) is 6.42 Å². The SMILES string of the molecule is O=C(S)Cc1ccco1. The molecule has 0 amide bonds. The lowest BCUT2D eigenvalue weighted by Gasteiger charge is -1.85. The summed E-state index contributed by atoms with van der Waals surface area (Å²) >= 11 is 3.59. The van der Waals surface area contributed by atoms with E-state index < -0.39 is 0 Å². The van der Waals surface area contributed by atoms with Gasteiger partial charge >= 0.3 is 0 Å². The first-order valence-electron chi connectivity index (χ1n) is 2.53. The van der Waals surface area contributed by atoms with Gasteiger partial charge < -0.3 is 4.42 Å². The Hall–Kier alpha value is -0.700. The van der Waals surface area contributed by atoms with Gasteiger partial charge in [-0.15, -0.1) is 12.6 Å². The van der Waals surface area contributed by atoms with Crippen LogP contribution in [0.4, 0.5) is 0 Å². The van der Waals surface area contributed by atoms with Crippen molar-refractivity contribution in [2.24, 2.45) is 0 Å². The molecule has 0 bridgehead atoms. The van der Waals surface area contributed by atoms with Crippen LogP contribution in [0.2, 0.25) is 0 Å². The van der Waals surface area contributed by atoms with Gasteiger partial charge in [-0.1, -0.05) is 0 Å². The Morgan fingerprint density at radius 1 is 1.78 bits per heavy atom. The van der Waals surface area contributed by atoms with E-state index in [-0.39, 0.29) is 11.5 Å². The van der Waals surface area contributed by atoms with Crippen molar-refractivity contribution in [3.63, 3.8) is 0 Å². The van der Waals surface area contributed by atoms with Crippen molar-refractivity contribution in [1.29, 1.82) is 0 Å². The minimum Gasteiger partial charge on any atom is -0.469 e. The van der Waals surface area contributed by atoms with Gasteiger partial charge in [0.2, 0.25) is 0 Å². The highest BCUT2D eigenvalue weighted by molar-refractivity contribution is 7.96. The van der Waals surface area contributed by atoms with E-state index in [4.69, 9.17) is 4.42 Å². The van der Waals surface area contributed by atoms with E-state index in [0.717, 1.165) is 0 Å². The Labute approximate surface area is 58.3 Å². The smallest absolute Gasteiger partial charge is 0.193 e. The number of thiol groups is 1. The van der Waals surface area contributed by atoms with Crippen molar-refractivity contribution in [3.8, 4) is 0 Å². The van der Waals surface area contributed by atoms with Crippen LogP contribution in [-0.2, 0) is 11.2 Å². The molecule has 0 aliphatic rings. The molecule has 0 aliphatic heterocycles. The Morgan fingerprint density at radius 2 is 2.56 bits per heavy atom. The molecule has 0 aromatic carbocycles. The molecule has 1 aromatic rings. The molecular weight excluding hydrogens is 136 g/mol. The highest BCUT2D eigenvalue weighted by atomic mass is 32.1. The van der Waals surface area contributed by atoms with Crippen molar-refractivity contribution < 1.29 is 9.21 Å². The quantitative estimate of drug-likeness (QED) is 0.630. The van der Waals surface area contributed by atoms with Crippen molar-refractivity contribution in [3.05, 3.63) is 24.2 Å². The predicted octanol–water partition coefficient (Wildman–Crippen LogP) is 1.28. The maximum Gasteiger partial charge on any atom is 0.193 e. The maximum absolute atomic E-state index is 10.3. The topological polar surface area (TPSA) is 30.2 Å². The molecule has 48 valence electrons. The first kappa shape index (κ1) is 6.42. The van der Waals surface area contributed by atoms with E-state index >= 15 is 0 Å². The van der Waals surface area contributed by atoms with Gasteiger partial charge in [0, 0.05) is 0 Å². The van der Waals surface area contributed by atoms with Crippen molar-refractivity contribution >= 4 is 17.7 Å². The summed E-state index contributed by atoms with van der Waals surface area (Å²) in [6.45, 7) is 0. The zero-order chi connectivity index (χ0) is 6.69. The van der Waals surface area contributed by atoms with E-state index in [1.807, 2.05) is 0 Å². The van der Waals surface area contributed by atoms with Gasteiger partial charge in [0.1, 0.15) is 5.76 Å². The molecule has 0 fully saturated rings. The average Bonchev–Trinajstić information content (AvgIpc) is 2.15. The van der Waals surface area contributed by atoms with Crippen LogP contribution in [0.25, 0.3) is 0 Å². The highest BCUT2D eigenvalue weighted by Crippen LogP contribution is 2.01. The molecule has 1 aromatic heterocycles. The maximum atomic E-state index is 10.3. The van der Waals surface area contributed by atoms with Gasteiger partial charge in [0.15, 0.2) is 5.12 Å². The minimum atomic E-state index is -0.176. The van der Waals surface area contributed by atoms with E-state index in [0.29, 0.717) is 5.76 Å². The number of carbonyl (C=O) groups is 1. The lowest BCUT2D eigenvalue weighted by molar-refractivity contribution is -0.110. The van der Waals surface area contributed by atoms with Crippen LogP contribution in [-0.4, -0.2) is 5.12 Å². The Kier molecular flexibility index (Phi) is 1.95. The number of hydrogen-bond donors (Lipinski definition) is 1. The van der Waals surface area contributed by atoms with Crippen LogP contribution < -0.4 is 0 Å². The fourth-order valence-electron chi connectivity index (χ4n) is 0.562. The lowest BCUT2D eigenvalue weighted by atomic mass is 10.4. The van der Waals surface area contributed by atoms with Gasteiger partial charge in [-0.25, -0.2) is 0 Å². The third-order valence-electron chi connectivity index (χ3n) is 0.906. The largest absolute Gasteiger partial charge is 0.469 e. The van der Waals surface area contributed by atoms with Crippen LogP contribution in [0, 0.1) is 0 Å². The summed E-state index contributed by atoms with van der Waals surface area (Å²) in [5.41, 5.74) is 0. The van der Waals surface area contributed by atoms with Gasteiger partial charge in [-0.2, -0.15) is 0 Å². The molecule has 0 unspecified atom stereocenters. The highest BCUT2D eigenvalue weighted by Gasteiger charge is 1.98.